The molecule has 6 nitrogen and oxygen atoms in total. The van der Waals surface area contributed by atoms with Gasteiger partial charge in [0.1, 0.15) is 12.2 Å². The molecule has 0 aliphatic heterocycles. The second-order valence-electron chi connectivity index (χ2n) is 5.22. The summed E-state index contributed by atoms with van der Waals surface area (Å²) in [6.07, 6.45) is 2.62. The van der Waals surface area contributed by atoms with E-state index in [1.807, 2.05) is 21.0 Å². The first-order valence-corrected chi connectivity index (χ1v) is 6.97. The molecule has 1 amide bonds. The molecule has 0 bridgehead atoms. The number of rotatable bonds is 6. The average molecular weight is 287 g/mol. The fourth-order valence-corrected chi connectivity index (χ4v) is 2.02. The minimum absolute atomic E-state index is 0.00980. The Bertz CT molecular complexity index is 562. The van der Waals surface area contributed by atoms with Crippen LogP contribution in [0.5, 0.6) is 0 Å². The molecule has 2 N–H and O–H groups in total. The van der Waals surface area contributed by atoms with Crippen LogP contribution in [0.15, 0.2) is 30.6 Å². The molecular formula is C15H21N5O. The van der Waals surface area contributed by atoms with Gasteiger partial charge in [-0.05, 0) is 31.0 Å². The van der Waals surface area contributed by atoms with E-state index in [0.717, 1.165) is 17.7 Å². The lowest BCUT2D eigenvalue weighted by Crippen LogP contribution is -2.27. The predicted octanol–water partition coefficient (Wildman–Crippen LogP) is 1.68. The number of nitrogens with zero attached hydrogens (tertiary/aromatic N) is 3. The molecule has 1 atom stereocenters. The molecule has 6 heteroatoms. The molecule has 1 unspecified atom stereocenters. The lowest BCUT2D eigenvalue weighted by atomic mass is 10.1. The minimum atomic E-state index is -0.156. The molecule has 0 aliphatic rings. The van der Waals surface area contributed by atoms with Gasteiger partial charge in [0.05, 0.1) is 6.04 Å². The Balaban J connectivity index is 1.81. The standard InChI is InChI=1S/C15H21N5O/c1-11(15-16-10-17-19-15)18-14(21)9-6-12-4-7-13(8-5-12)20(2)3/h4-5,7-8,10-11H,6,9H2,1-3H3,(H,18,21)(H,16,17,19). The highest BCUT2D eigenvalue weighted by Crippen LogP contribution is 2.13. The second-order valence-corrected chi connectivity index (χ2v) is 5.22. The van der Waals surface area contributed by atoms with Gasteiger partial charge in [0.15, 0.2) is 0 Å². The Hall–Kier alpha value is -2.37. The van der Waals surface area contributed by atoms with E-state index in [4.69, 9.17) is 0 Å². The monoisotopic (exact) mass is 287 g/mol. The van der Waals surface area contributed by atoms with Crippen molar-refractivity contribution in [3.05, 3.63) is 42.0 Å². The molecule has 0 fully saturated rings. The Kier molecular flexibility index (Phi) is 4.92. The van der Waals surface area contributed by atoms with Gasteiger partial charge in [-0.3, -0.25) is 9.89 Å². The van der Waals surface area contributed by atoms with E-state index < -0.39 is 0 Å². The quantitative estimate of drug-likeness (QED) is 0.847. The molecule has 21 heavy (non-hydrogen) atoms. The number of hydrogen-bond acceptors (Lipinski definition) is 4. The summed E-state index contributed by atoms with van der Waals surface area (Å²) in [5.41, 5.74) is 2.31. The van der Waals surface area contributed by atoms with Gasteiger partial charge in [-0.2, -0.15) is 5.10 Å². The third kappa shape index (κ3) is 4.30. The third-order valence-electron chi connectivity index (χ3n) is 3.31. The van der Waals surface area contributed by atoms with Crippen molar-refractivity contribution in [2.45, 2.75) is 25.8 Å². The summed E-state index contributed by atoms with van der Waals surface area (Å²) in [6, 6.07) is 8.08. The summed E-state index contributed by atoms with van der Waals surface area (Å²) in [7, 11) is 4.01. The highest BCUT2D eigenvalue weighted by Gasteiger charge is 2.11. The summed E-state index contributed by atoms with van der Waals surface area (Å²) in [6.45, 7) is 1.88. The number of carbonyl (C=O) groups excluding carboxylic acids is 1. The topological polar surface area (TPSA) is 73.9 Å². The van der Waals surface area contributed by atoms with Crippen molar-refractivity contribution in [2.24, 2.45) is 0 Å². The van der Waals surface area contributed by atoms with Crippen molar-refractivity contribution in [3.8, 4) is 0 Å². The zero-order valence-electron chi connectivity index (χ0n) is 12.6. The molecule has 1 aromatic heterocycles. The third-order valence-corrected chi connectivity index (χ3v) is 3.31. The molecule has 0 spiro atoms. The molecule has 0 aliphatic carbocycles. The fourth-order valence-electron chi connectivity index (χ4n) is 2.02. The Labute approximate surface area is 124 Å². The first-order valence-electron chi connectivity index (χ1n) is 6.97. The molecule has 0 saturated heterocycles. The van der Waals surface area contributed by atoms with E-state index >= 15 is 0 Å². The van der Waals surface area contributed by atoms with E-state index in [-0.39, 0.29) is 11.9 Å². The van der Waals surface area contributed by atoms with Crippen molar-refractivity contribution in [3.63, 3.8) is 0 Å². The van der Waals surface area contributed by atoms with Crippen molar-refractivity contribution in [1.29, 1.82) is 0 Å². The Morgan fingerprint density at radius 1 is 1.33 bits per heavy atom. The smallest absolute Gasteiger partial charge is 0.220 e. The molecule has 1 aromatic carbocycles. The van der Waals surface area contributed by atoms with Crippen LogP contribution in [-0.2, 0) is 11.2 Å². The van der Waals surface area contributed by atoms with Gasteiger partial charge in [0.2, 0.25) is 5.91 Å². The number of aromatic amines is 1. The van der Waals surface area contributed by atoms with E-state index in [9.17, 15) is 4.79 Å². The summed E-state index contributed by atoms with van der Waals surface area (Å²) in [5.74, 6) is 0.675. The highest BCUT2D eigenvalue weighted by molar-refractivity contribution is 5.76. The number of nitrogens with one attached hydrogen (secondary N) is 2. The van der Waals surface area contributed by atoms with Crippen LogP contribution in [0.4, 0.5) is 5.69 Å². The Morgan fingerprint density at radius 3 is 2.62 bits per heavy atom. The van der Waals surface area contributed by atoms with Gasteiger partial charge < -0.3 is 10.2 Å². The molecule has 0 saturated carbocycles. The van der Waals surface area contributed by atoms with Crippen LogP contribution < -0.4 is 10.2 Å². The van der Waals surface area contributed by atoms with Crippen LogP contribution in [0.3, 0.4) is 0 Å². The van der Waals surface area contributed by atoms with Crippen molar-refractivity contribution in [2.75, 3.05) is 19.0 Å². The van der Waals surface area contributed by atoms with Crippen LogP contribution in [0.1, 0.15) is 30.8 Å². The lowest BCUT2D eigenvalue weighted by Gasteiger charge is -2.13. The molecule has 1 heterocycles. The van der Waals surface area contributed by atoms with Crippen molar-refractivity contribution >= 4 is 11.6 Å². The zero-order valence-corrected chi connectivity index (χ0v) is 12.6. The van der Waals surface area contributed by atoms with Gasteiger partial charge in [-0.15, -0.1) is 0 Å². The largest absolute Gasteiger partial charge is 0.378 e. The van der Waals surface area contributed by atoms with Gasteiger partial charge in [-0.1, -0.05) is 12.1 Å². The summed E-state index contributed by atoms with van der Waals surface area (Å²) in [5, 5.41) is 9.43. The number of hydrogen-bond donors (Lipinski definition) is 2. The van der Waals surface area contributed by atoms with Gasteiger partial charge in [-0.25, -0.2) is 4.98 Å². The van der Waals surface area contributed by atoms with Crippen LogP contribution >= 0.6 is 0 Å². The van der Waals surface area contributed by atoms with Crippen molar-refractivity contribution < 1.29 is 4.79 Å². The zero-order chi connectivity index (χ0) is 15.2. The SMILES string of the molecule is CC(NC(=O)CCc1ccc(N(C)C)cc1)c1ncn[nH]1. The maximum Gasteiger partial charge on any atom is 0.220 e. The van der Waals surface area contributed by atoms with E-state index in [1.54, 1.807) is 0 Å². The van der Waals surface area contributed by atoms with E-state index in [2.05, 4.69) is 49.7 Å². The van der Waals surface area contributed by atoms with Crippen LogP contribution in [0.2, 0.25) is 0 Å². The number of carbonyl (C=O) groups is 1. The van der Waals surface area contributed by atoms with Crippen LogP contribution in [0, 0.1) is 0 Å². The number of aromatic nitrogens is 3. The number of aryl methyl sites for hydroxylation is 1. The summed E-state index contributed by atoms with van der Waals surface area (Å²) < 4.78 is 0. The average Bonchev–Trinajstić information content (AvgIpc) is 3.00. The Morgan fingerprint density at radius 2 is 2.05 bits per heavy atom. The molecule has 0 radical (unpaired) electrons. The lowest BCUT2D eigenvalue weighted by molar-refractivity contribution is -0.121. The van der Waals surface area contributed by atoms with E-state index in [1.165, 1.54) is 6.33 Å². The molecule has 2 rings (SSSR count). The predicted molar refractivity (Wildman–Crippen MR) is 82.0 cm³/mol. The number of amides is 1. The molecule has 2 aromatic rings. The maximum absolute atomic E-state index is 11.9. The second kappa shape index (κ2) is 6.88. The normalized spacial score (nSPS) is 12.0. The van der Waals surface area contributed by atoms with Gasteiger partial charge >= 0.3 is 0 Å². The fraction of sp³-hybridized carbons (Fsp3) is 0.400. The van der Waals surface area contributed by atoms with Gasteiger partial charge in [0, 0.05) is 26.2 Å². The summed E-state index contributed by atoms with van der Waals surface area (Å²) in [4.78, 5) is 18.0. The van der Waals surface area contributed by atoms with Crippen LogP contribution in [-0.4, -0.2) is 35.2 Å². The maximum atomic E-state index is 11.9. The molecule has 112 valence electrons. The first-order chi connectivity index (χ1) is 10.1. The number of benzene rings is 1. The van der Waals surface area contributed by atoms with Crippen LogP contribution in [0.25, 0.3) is 0 Å². The summed E-state index contributed by atoms with van der Waals surface area (Å²) >= 11 is 0. The first kappa shape index (κ1) is 15.0. The van der Waals surface area contributed by atoms with Crippen molar-refractivity contribution in [1.82, 2.24) is 20.5 Å². The highest BCUT2D eigenvalue weighted by atomic mass is 16.1. The number of H-pyrrole nitrogens is 1. The minimum Gasteiger partial charge on any atom is -0.378 e. The molecular weight excluding hydrogens is 266 g/mol. The number of anilines is 1. The van der Waals surface area contributed by atoms with Gasteiger partial charge in [0.25, 0.3) is 0 Å². The van der Waals surface area contributed by atoms with E-state index in [0.29, 0.717) is 12.2 Å².